The molecule has 80 heavy (non-hydrogen) atoms. The number of hydrogen-bond donors (Lipinski definition) is 8. The van der Waals surface area contributed by atoms with Crippen molar-refractivity contribution in [2.75, 3.05) is 24.7 Å². The maximum atomic E-state index is 14.1. The van der Waals surface area contributed by atoms with Crippen LogP contribution in [0.1, 0.15) is 116 Å². The van der Waals surface area contributed by atoms with Gasteiger partial charge in [-0.1, -0.05) is 71.8 Å². The Hall–Kier alpha value is -10.1. The summed E-state index contributed by atoms with van der Waals surface area (Å²) in [5.74, 6) is -9.77. The van der Waals surface area contributed by atoms with Gasteiger partial charge in [0.05, 0.1) is 55.6 Å². The summed E-state index contributed by atoms with van der Waals surface area (Å²) in [7, 11) is 2.53. The van der Waals surface area contributed by atoms with E-state index in [1.807, 2.05) is 13.8 Å². The van der Waals surface area contributed by atoms with Gasteiger partial charge in [-0.25, -0.2) is 19.2 Å². The van der Waals surface area contributed by atoms with Gasteiger partial charge in [0.15, 0.2) is 0 Å². The van der Waals surface area contributed by atoms with Crippen LogP contribution in [-0.4, -0.2) is 82.0 Å². The molecule has 7 aromatic carbocycles. The van der Waals surface area contributed by atoms with Gasteiger partial charge in [-0.2, -0.15) is 26.3 Å². The molecule has 0 unspecified atom stereocenters. The third kappa shape index (κ3) is 13.2. The summed E-state index contributed by atoms with van der Waals surface area (Å²) in [6.07, 6.45) is -9.53. The molecule has 16 nitrogen and oxygen atoms in total. The number of anilines is 2. The topological polar surface area (TPSA) is 266 Å². The second kappa shape index (κ2) is 23.6. The summed E-state index contributed by atoms with van der Waals surface area (Å²) < 4.78 is 84.1. The van der Waals surface area contributed by atoms with Gasteiger partial charge in [0.25, 0.3) is 23.6 Å². The minimum absolute atomic E-state index is 0.0661. The van der Waals surface area contributed by atoms with Crippen LogP contribution in [-0.2, 0) is 12.4 Å². The van der Waals surface area contributed by atoms with Gasteiger partial charge in [-0.15, -0.1) is 0 Å². The number of benzene rings is 7. The molecule has 4 amide bonds. The van der Waals surface area contributed by atoms with Gasteiger partial charge < -0.3 is 41.7 Å². The SMILES string of the molecule is CNC(=O)c1cc(-c2ccc(C(=O)Nc3ccc(-c4ccc(C)cc4C)c(C(F)(F)F)c3)c(C(=O)O)c2)ccc1C(=O)O.CNC(=O)c1cc(C(=O)Nc2ccc(-c3ccc(C)cc3C)c(C(F)(F)F)c2)c(C(=O)O)cc1C(=O)O. The van der Waals surface area contributed by atoms with Gasteiger partial charge in [0.1, 0.15) is 0 Å². The molecule has 0 fully saturated rings. The van der Waals surface area contributed by atoms with Crippen LogP contribution >= 0.6 is 0 Å². The summed E-state index contributed by atoms with van der Waals surface area (Å²) in [6.45, 7) is 7.02. The Balaban J connectivity index is 0.000000261. The Morgan fingerprint density at radius 2 is 0.675 bits per heavy atom. The van der Waals surface area contributed by atoms with Crippen LogP contribution in [0.15, 0.2) is 121 Å². The van der Waals surface area contributed by atoms with Crippen molar-refractivity contribution < 1.29 is 85.1 Å². The van der Waals surface area contributed by atoms with Crippen molar-refractivity contribution >= 4 is 58.9 Å². The molecule has 7 aromatic rings. The van der Waals surface area contributed by atoms with Crippen molar-refractivity contribution in [3.8, 4) is 33.4 Å². The number of aromatic carboxylic acids is 4. The van der Waals surface area contributed by atoms with Crippen molar-refractivity contribution in [1.82, 2.24) is 10.6 Å². The minimum atomic E-state index is -4.78. The van der Waals surface area contributed by atoms with Crippen LogP contribution in [0, 0.1) is 27.7 Å². The van der Waals surface area contributed by atoms with Gasteiger partial charge in [-0.05, 0) is 133 Å². The van der Waals surface area contributed by atoms with Crippen LogP contribution in [0.25, 0.3) is 33.4 Å². The number of aryl methyl sites for hydroxylation is 4. The summed E-state index contributed by atoms with van der Waals surface area (Å²) in [6, 6.07) is 25.6. The summed E-state index contributed by atoms with van der Waals surface area (Å²) in [5, 5.41) is 47.2. The minimum Gasteiger partial charge on any atom is -0.478 e. The lowest BCUT2D eigenvalue weighted by Gasteiger charge is -2.17. The van der Waals surface area contributed by atoms with Gasteiger partial charge in [0, 0.05) is 25.5 Å². The maximum Gasteiger partial charge on any atom is 0.417 e. The fourth-order valence-electron chi connectivity index (χ4n) is 8.61. The zero-order chi connectivity index (χ0) is 59.3. The number of rotatable bonds is 13. The molecule has 0 bridgehead atoms. The highest BCUT2D eigenvalue weighted by Crippen LogP contribution is 2.42. The highest BCUT2D eigenvalue weighted by Gasteiger charge is 2.36. The molecule has 8 N–H and O–H groups in total. The second-order valence-electron chi connectivity index (χ2n) is 17.9. The fourth-order valence-corrected chi connectivity index (χ4v) is 8.61. The maximum absolute atomic E-state index is 14.1. The first-order valence-electron chi connectivity index (χ1n) is 23.5. The van der Waals surface area contributed by atoms with Crippen LogP contribution in [0.4, 0.5) is 37.7 Å². The van der Waals surface area contributed by atoms with Gasteiger partial charge in [0.2, 0.25) is 0 Å². The molecular weight excluding hydrogens is 1060 g/mol. The molecule has 0 aliphatic heterocycles. The monoisotopic (exact) mass is 1100 g/mol. The van der Waals surface area contributed by atoms with Crippen molar-refractivity contribution in [1.29, 1.82) is 0 Å². The van der Waals surface area contributed by atoms with Crippen molar-refractivity contribution in [2.24, 2.45) is 0 Å². The number of carbonyl (C=O) groups excluding carboxylic acids is 4. The Bertz CT molecular complexity index is 3720. The van der Waals surface area contributed by atoms with Gasteiger partial charge in [-0.3, -0.25) is 19.2 Å². The predicted octanol–water partition coefficient (Wildman–Crippen LogP) is 11.7. The molecule has 0 aromatic heterocycles. The number of carboxylic acids is 4. The molecule has 22 heteroatoms. The standard InChI is InChI=1S/C32H25F3N2O6.C26H21F3N2O6/c1-16-4-8-21(17(2)12-16)22-11-7-20(15-27(22)32(33,34)35)37-29(39)23-9-5-19(14-26(23)31(42)43)18-6-10-24(30(40)41)25(13-18)28(38)36-3;1-12-4-6-15(13(2)8-12)16-7-5-14(9-21(16)26(27,28)29)31-23(33)18-10-17(22(32)30-3)19(24(34)35)11-20(18)25(36)37/h4-15H,1-3H3,(H,36,38)(H,37,39)(H,40,41)(H,42,43);4-11H,1-3H3,(H,30,32)(H,31,33)(H,34,35)(H,36,37). The van der Waals surface area contributed by atoms with Crippen LogP contribution < -0.4 is 21.3 Å². The third-order valence-corrected chi connectivity index (χ3v) is 12.4. The lowest BCUT2D eigenvalue weighted by Crippen LogP contribution is -2.24. The Morgan fingerprint density at radius 3 is 1.05 bits per heavy atom. The van der Waals surface area contributed by atoms with Crippen molar-refractivity contribution in [2.45, 2.75) is 40.0 Å². The first-order valence-corrected chi connectivity index (χ1v) is 23.5. The number of amides is 4. The Kier molecular flexibility index (Phi) is 17.5. The average Bonchev–Trinajstić information content (AvgIpc) is 3.53. The largest absolute Gasteiger partial charge is 0.478 e. The third-order valence-electron chi connectivity index (χ3n) is 12.4. The first kappa shape index (κ1) is 59.1. The number of carbonyl (C=O) groups is 8. The fraction of sp³-hybridized carbons (Fsp3) is 0.138. The lowest BCUT2D eigenvalue weighted by atomic mass is 9.94. The van der Waals surface area contributed by atoms with Gasteiger partial charge >= 0.3 is 36.2 Å². The molecule has 0 saturated carbocycles. The van der Waals surface area contributed by atoms with E-state index in [0.29, 0.717) is 33.9 Å². The second-order valence-corrected chi connectivity index (χ2v) is 17.9. The molecule has 0 heterocycles. The number of carboxylic acid groups (broad SMARTS) is 4. The van der Waals surface area contributed by atoms with E-state index in [9.17, 15) is 85.1 Å². The Morgan fingerprint density at radius 1 is 0.350 bits per heavy atom. The van der Waals surface area contributed by atoms with E-state index in [1.54, 1.807) is 50.2 Å². The molecule has 0 spiro atoms. The van der Waals surface area contributed by atoms with Crippen molar-refractivity contribution in [3.63, 3.8) is 0 Å². The molecule has 0 saturated heterocycles. The summed E-state index contributed by atoms with van der Waals surface area (Å²) in [5.41, 5.74) is -2.03. The average molecular weight is 1110 g/mol. The lowest BCUT2D eigenvalue weighted by molar-refractivity contribution is -0.137. The van der Waals surface area contributed by atoms with E-state index in [2.05, 4.69) is 21.3 Å². The number of hydrogen-bond acceptors (Lipinski definition) is 8. The molecule has 0 radical (unpaired) electrons. The molecular formula is C58H46F6N4O12. The molecule has 0 aliphatic rings. The zero-order valence-corrected chi connectivity index (χ0v) is 42.9. The predicted molar refractivity (Wildman–Crippen MR) is 282 cm³/mol. The van der Waals surface area contributed by atoms with E-state index < -0.39 is 98.8 Å². The number of nitrogens with one attached hydrogen (secondary N) is 4. The molecule has 0 atom stereocenters. The number of halogens is 6. The quantitative estimate of drug-likeness (QED) is 0.0501. The molecule has 7 rings (SSSR count). The smallest absolute Gasteiger partial charge is 0.417 e. The van der Waals surface area contributed by atoms with Crippen molar-refractivity contribution in [3.05, 3.63) is 199 Å². The van der Waals surface area contributed by atoms with Crippen LogP contribution in [0.2, 0.25) is 0 Å². The van der Waals surface area contributed by atoms with E-state index in [0.717, 1.165) is 35.4 Å². The molecule has 0 aliphatic carbocycles. The summed E-state index contributed by atoms with van der Waals surface area (Å²) >= 11 is 0. The number of alkyl halides is 6. The Labute approximate surface area is 450 Å². The van der Waals surface area contributed by atoms with Crippen LogP contribution in [0.5, 0.6) is 0 Å². The summed E-state index contributed by atoms with van der Waals surface area (Å²) in [4.78, 5) is 97.4. The van der Waals surface area contributed by atoms with E-state index in [1.165, 1.54) is 68.7 Å². The van der Waals surface area contributed by atoms with E-state index in [-0.39, 0.29) is 44.8 Å². The van der Waals surface area contributed by atoms with E-state index in [4.69, 9.17) is 0 Å². The zero-order valence-electron chi connectivity index (χ0n) is 42.9. The normalized spacial score (nSPS) is 11.1. The first-order chi connectivity index (χ1) is 37.4. The van der Waals surface area contributed by atoms with Crippen LogP contribution in [0.3, 0.4) is 0 Å². The van der Waals surface area contributed by atoms with E-state index >= 15 is 0 Å². The molecule has 412 valence electrons. The highest BCUT2D eigenvalue weighted by atomic mass is 19.4. The highest BCUT2D eigenvalue weighted by molar-refractivity contribution is 6.15.